The molecule has 0 saturated carbocycles. The van der Waals surface area contributed by atoms with E-state index in [0.29, 0.717) is 12.0 Å². The molecule has 3 atom stereocenters. The fourth-order valence-electron chi connectivity index (χ4n) is 1.75. The quantitative estimate of drug-likeness (QED) is 0.660. The summed E-state index contributed by atoms with van der Waals surface area (Å²) in [5.74, 6) is 1.16. The van der Waals surface area contributed by atoms with E-state index in [9.17, 15) is 0 Å². The van der Waals surface area contributed by atoms with E-state index in [-0.39, 0.29) is 6.61 Å². The van der Waals surface area contributed by atoms with Gasteiger partial charge in [-0.1, -0.05) is 19.1 Å². The molecular formula is C12H23NO. The summed E-state index contributed by atoms with van der Waals surface area (Å²) in [7, 11) is 0. The van der Waals surface area contributed by atoms with Crippen LogP contribution in [0.5, 0.6) is 0 Å². The Kier molecular flexibility index (Phi) is 5.20. The molecule has 1 aliphatic carbocycles. The first-order valence-electron chi connectivity index (χ1n) is 5.73. The molecule has 0 fully saturated rings. The van der Waals surface area contributed by atoms with Crippen molar-refractivity contribution in [2.75, 3.05) is 13.2 Å². The van der Waals surface area contributed by atoms with Crippen LogP contribution in [0.3, 0.4) is 0 Å². The van der Waals surface area contributed by atoms with E-state index in [0.717, 1.165) is 12.5 Å². The third kappa shape index (κ3) is 3.81. The molecular weight excluding hydrogens is 174 g/mol. The molecule has 14 heavy (non-hydrogen) atoms. The van der Waals surface area contributed by atoms with E-state index in [4.69, 9.17) is 5.11 Å². The fraction of sp³-hybridized carbons (Fsp3) is 0.833. The maximum absolute atomic E-state index is 8.99. The molecule has 0 saturated heterocycles. The molecule has 1 rings (SSSR count). The second-order valence-corrected chi connectivity index (χ2v) is 4.51. The highest BCUT2D eigenvalue weighted by atomic mass is 16.3. The number of hydrogen-bond donors (Lipinski definition) is 2. The van der Waals surface area contributed by atoms with Crippen molar-refractivity contribution in [2.45, 2.75) is 39.2 Å². The van der Waals surface area contributed by atoms with Gasteiger partial charge in [0.25, 0.3) is 0 Å². The highest BCUT2D eigenvalue weighted by molar-refractivity contribution is 4.90. The van der Waals surface area contributed by atoms with Gasteiger partial charge in [-0.05, 0) is 44.6 Å². The lowest BCUT2D eigenvalue weighted by atomic mass is 9.93. The fourth-order valence-corrected chi connectivity index (χ4v) is 1.75. The summed E-state index contributed by atoms with van der Waals surface area (Å²) in [4.78, 5) is 0. The van der Waals surface area contributed by atoms with Gasteiger partial charge in [0, 0.05) is 12.6 Å². The van der Waals surface area contributed by atoms with E-state index < -0.39 is 0 Å². The molecule has 2 heteroatoms. The Hall–Kier alpha value is -0.340. The zero-order valence-corrected chi connectivity index (χ0v) is 9.37. The van der Waals surface area contributed by atoms with E-state index in [1.54, 1.807) is 0 Å². The van der Waals surface area contributed by atoms with Gasteiger partial charge in [0.05, 0.1) is 0 Å². The van der Waals surface area contributed by atoms with Crippen LogP contribution in [0.2, 0.25) is 0 Å². The van der Waals surface area contributed by atoms with Gasteiger partial charge in [-0.2, -0.15) is 0 Å². The molecule has 0 spiro atoms. The van der Waals surface area contributed by atoms with Crippen LogP contribution in [0, 0.1) is 11.8 Å². The van der Waals surface area contributed by atoms with Crippen molar-refractivity contribution < 1.29 is 5.11 Å². The second-order valence-electron chi connectivity index (χ2n) is 4.51. The van der Waals surface area contributed by atoms with Gasteiger partial charge in [0.15, 0.2) is 0 Å². The van der Waals surface area contributed by atoms with Gasteiger partial charge < -0.3 is 10.4 Å². The van der Waals surface area contributed by atoms with Crippen molar-refractivity contribution in [3.63, 3.8) is 0 Å². The van der Waals surface area contributed by atoms with Crippen LogP contribution >= 0.6 is 0 Å². The molecule has 2 N–H and O–H groups in total. The van der Waals surface area contributed by atoms with E-state index in [1.807, 2.05) is 0 Å². The number of aliphatic hydroxyl groups excluding tert-OH is 1. The molecule has 0 aromatic heterocycles. The Morgan fingerprint density at radius 1 is 1.43 bits per heavy atom. The maximum Gasteiger partial charge on any atom is 0.0471 e. The van der Waals surface area contributed by atoms with E-state index in [1.165, 1.54) is 19.3 Å². The Morgan fingerprint density at radius 3 is 2.79 bits per heavy atom. The number of nitrogens with one attached hydrogen (secondary N) is 1. The minimum atomic E-state index is 0.277. The minimum Gasteiger partial charge on any atom is -0.396 e. The lowest BCUT2D eigenvalue weighted by molar-refractivity contribution is 0.203. The van der Waals surface area contributed by atoms with Gasteiger partial charge in [0.1, 0.15) is 0 Å². The van der Waals surface area contributed by atoms with E-state index >= 15 is 0 Å². The van der Waals surface area contributed by atoms with Crippen LogP contribution in [-0.2, 0) is 0 Å². The zero-order valence-electron chi connectivity index (χ0n) is 9.37. The molecule has 0 aromatic carbocycles. The minimum absolute atomic E-state index is 0.277. The molecule has 3 unspecified atom stereocenters. The number of allylic oxidation sites excluding steroid dienone is 2. The lowest BCUT2D eigenvalue weighted by Gasteiger charge is -2.24. The van der Waals surface area contributed by atoms with Crippen molar-refractivity contribution in [1.29, 1.82) is 0 Å². The molecule has 1 aliphatic rings. The summed E-state index contributed by atoms with van der Waals surface area (Å²) in [6, 6.07) is 0.422. The van der Waals surface area contributed by atoms with Crippen molar-refractivity contribution in [3.05, 3.63) is 12.2 Å². The molecule has 0 amide bonds. The lowest BCUT2D eigenvalue weighted by Crippen LogP contribution is -2.37. The summed E-state index contributed by atoms with van der Waals surface area (Å²) in [6.45, 7) is 5.60. The smallest absolute Gasteiger partial charge is 0.0471 e. The molecule has 0 aliphatic heterocycles. The summed E-state index contributed by atoms with van der Waals surface area (Å²) < 4.78 is 0. The average molecular weight is 197 g/mol. The van der Waals surface area contributed by atoms with Gasteiger partial charge in [-0.15, -0.1) is 0 Å². The maximum atomic E-state index is 8.99. The number of rotatable bonds is 5. The molecule has 0 bridgehead atoms. The van der Waals surface area contributed by atoms with Crippen LogP contribution in [0.1, 0.15) is 33.1 Å². The molecule has 2 nitrogen and oxygen atoms in total. The Morgan fingerprint density at radius 2 is 2.21 bits per heavy atom. The molecule has 0 aromatic rings. The summed E-state index contributed by atoms with van der Waals surface area (Å²) in [5.41, 5.74) is 0. The first-order chi connectivity index (χ1) is 6.74. The standard InChI is InChI=1S/C12H23NO/c1-10(9-14)11(2)13-8-12-6-4-3-5-7-12/h3-4,10-14H,5-9H2,1-2H3. The third-order valence-electron chi connectivity index (χ3n) is 3.25. The van der Waals surface area contributed by atoms with Crippen molar-refractivity contribution in [3.8, 4) is 0 Å². The van der Waals surface area contributed by atoms with Gasteiger partial charge in [0.2, 0.25) is 0 Å². The van der Waals surface area contributed by atoms with Crippen LogP contribution in [0.15, 0.2) is 12.2 Å². The highest BCUT2D eigenvalue weighted by Crippen LogP contribution is 2.17. The van der Waals surface area contributed by atoms with Crippen molar-refractivity contribution in [1.82, 2.24) is 5.32 Å². The van der Waals surface area contributed by atoms with Crippen LogP contribution in [-0.4, -0.2) is 24.3 Å². The van der Waals surface area contributed by atoms with Gasteiger partial charge >= 0.3 is 0 Å². The Bertz CT molecular complexity index is 179. The van der Waals surface area contributed by atoms with E-state index in [2.05, 4.69) is 31.3 Å². The van der Waals surface area contributed by atoms with Crippen LogP contribution in [0.4, 0.5) is 0 Å². The monoisotopic (exact) mass is 197 g/mol. The van der Waals surface area contributed by atoms with Gasteiger partial charge in [-0.25, -0.2) is 0 Å². The third-order valence-corrected chi connectivity index (χ3v) is 3.25. The highest BCUT2D eigenvalue weighted by Gasteiger charge is 2.14. The Labute approximate surface area is 87.4 Å². The molecule has 0 heterocycles. The molecule has 0 radical (unpaired) electrons. The summed E-state index contributed by atoms with van der Waals surface area (Å²) in [6.07, 6.45) is 8.32. The van der Waals surface area contributed by atoms with Crippen molar-refractivity contribution >= 4 is 0 Å². The number of aliphatic hydroxyl groups is 1. The second kappa shape index (κ2) is 6.20. The van der Waals surface area contributed by atoms with Crippen LogP contribution in [0.25, 0.3) is 0 Å². The predicted molar refractivity (Wildman–Crippen MR) is 60.2 cm³/mol. The predicted octanol–water partition coefficient (Wildman–Crippen LogP) is 1.95. The normalized spacial score (nSPS) is 26.1. The van der Waals surface area contributed by atoms with Crippen molar-refractivity contribution in [2.24, 2.45) is 11.8 Å². The van der Waals surface area contributed by atoms with Crippen LogP contribution < -0.4 is 5.32 Å². The Balaban J connectivity index is 2.16. The number of hydrogen-bond acceptors (Lipinski definition) is 2. The average Bonchev–Trinajstić information content (AvgIpc) is 2.26. The largest absolute Gasteiger partial charge is 0.396 e. The zero-order chi connectivity index (χ0) is 10.4. The SMILES string of the molecule is CC(CO)C(C)NCC1CC=CCC1. The molecule has 82 valence electrons. The first-order valence-corrected chi connectivity index (χ1v) is 5.73. The summed E-state index contributed by atoms with van der Waals surface area (Å²) >= 11 is 0. The first kappa shape index (κ1) is 11.7. The van der Waals surface area contributed by atoms with Gasteiger partial charge in [-0.3, -0.25) is 0 Å². The summed E-state index contributed by atoms with van der Waals surface area (Å²) in [5, 5.41) is 12.5. The topological polar surface area (TPSA) is 32.3 Å².